The number of fused-ring (bicyclic) bond motifs is 2. The second-order valence-corrected chi connectivity index (χ2v) is 13.2. The molecule has 2 aromatic heterocycles. The number of hydrogen-bond donors (Lipinski definition) is 1. The van der Waals surface area contributed by atoms with Crippen LogP contribution in [0.2, 0.25) is 10.0 Å². The minimum atomic E-state index is -3.06. The van der Waals surface area contributed by atoms with Gasteiger partial charge in [-0.2, -0.15) is 0 Å². The lowest BCUT2D eigenvalue weighted by atomic mass is 10.0. The van der Waals surface area contributed by atoms with Gasteiger partial charge in [0.05, 0.1) is 22.5 Å². The molecule has 0 saturated heterocycles. The lowest BCUT2D eigenvalue weighted by Crippen LogP contribution is -2.38. The number of aromatic nitrogens is 2. The molecule has 6 nitrogen and oxygen atoms in total. The van der Waals surface area contributed by atoms with Crippen LogP contribution in [-0.4, -0.2) is 34.8 Å². The normalized spacial score (nSPS) is 16.7. The molecular weight excluding hydrogens is 655 g/mol. The highest BCUT2D eigenvalue weighted by Gasteiger charge is 2.41. The SMILES string of the molecule is CC(C)(C)OC(=O)N1CCCC(F)(F)c2ccc(-c3cccc(Cl)c3)nc21.FC1(F)CCCNc2nc(-c3cccc(Cl)c3)ccc21. The summed E-state index contributed by atoms with van der Waals surface area (Å²) >= 11 is 12.0. The van der Waals surface area contributed by atoms with E-state index >= 15 is 0 Å². The van der Waals surface area contributed by atoms with Gasteiger partial charge < -0.3 is 10.1 Å². The number of carbonyl (C=O) groups excluding carboxylic acids is 1. The van der Waals surface area contributed by atoms with Crippen molar-refractivity contribution in [2.24, 2.45) is 0 Å². The fraction of sp³-hybridized carbons (Fsp3) is 0.343. The van der Waals surface area contributed by atoms with Gasteiger partial charge in [0, 0.05) is 47.1 Å². The number of pyridine rings is 2. The van der Waals surface area contributed by atoms with Gasteiger partial charge in [-0.3, -0.25) is 4.90 Å². The Morgan fingerprint density at radius 1 is 0.809 bits per heavy atom. The molecule has 0 fully saturated rings. The van der Waals surface area contributed by atoms with Crippen molar-refractivity contribution >= 4 is 40.9 Å². The van der Waals surface area contributed by atoms with Gasteiger partial charge in [0.1, 0.15) is 17.2 Å². The Bertz CT molecular complexity index is 1760. The molecule has 4 heterocycles. The zero-order valence-corrected chi connectivity index (χ0v) is 27.6. The summed E-state index contributed by atoms with van der Waals surface area (Å²) in [5, 5.41) is 4.09. The Morgan fingerprint density at radius 2 is 1.36 bits per heavy atom. The minimum Gasteiger partial charge on any atom is -0.443 e. The van der Waals surface area contributed by atoms with E-state index in [2.05, 4.69) is 15.3 Å². The molecule has 0 radical (unpaired) electrons. The van der Waals surface area contributed by atoms with Crippen LogP contribution >= 0.6 is 23.2 Å². The van der Waals surface area contributed by atoms with E-state index in [9.17, 15) is 22.4 Å². The first-order valence-corrected chi connectivity index (χ1v) is 15.9. The second-order valence-electron chi connectivity index (χ2n) is 12.4. The topological polar surface area (TPSA) is 67.3 Å². The molecule has 2 aliphatic rings. The Balaban J connectivity index is 0.000000193. The lowest BCUT2D eigenvalue weighted by molar-refractivity contribution is -0.0128. The molecule has 12 heteroatoms. The third-order valence-electron chi connectivity index (χ3n) is 7.50. The van der Waals surface area contributed by atoms with Gasteiger partial charge in [0.2, 0.25) is 0 Å². The van der Waals surface area contributed by atoms with Gasteiger partial charge in [0.25, 0.3) is 11.8 Å². The Morgan fingerprint density at radius 3 is 1.96 bits per heavy atom. The third kappa shape index (κ3) is 8.34. The van der Waals surface area contributed by atoms with E-state index in [-0.39, 0.29) is 48.6 Å². The van der Waals surface area contributed by atoms with Crippen LogP contribution in [0.25, 0.3) is 22.5 Å². The summed E-state index contributed by atoms with van der Waals surface area (Å²) in [7, 11) is 0. The van der Waals surface area contributed by atoms with Gasteiger partial charge in [-0.15, -0.1) is 0 Å². The van der Waals surface area contributed by atoms with Crippen molar-refractivity contribution in [1.29, 1.82) is 0 Å². The summed E-state index contributed by atoms with van der Waals surface area (Å²) in [6.45, 7) is 5.81. The molecular formula is C35H34Cl2F4N4O2. The summed E-state index contributed by atoms with van der Waals surface area (Å²) in [5.74, 6) is -5.68. The average molecular weight is 690 g/mol. The quantitative estimate of drug-likeness (QED) is 0.212. The van der Waals surface area contributed by atoms with Crippen molar-refractivity contribution in [3.8, 4) is 22.5 Å². The van der Waals surface area contributed by atoms with Crippen LogP contribution in [-0.2, 0) is 16.6 Å². The van der Waals surface area contributed by atoms with E-state index in [1.54, 1.807) is 63.2 Å². The number of nitrogens with one attached hydrogen (secondary N) is 1. The molecule has 6 rings (SSSR count). The highest BCUT2D eigenvalue weighted by Crippen LogP contribution is 2.42. The first-order valence-electron chi connectivity index (χ1n) is 15.2. The summed E-state index contributed by atoms with van der Waals surface area (Å²) in [6, 6.07) is 20.1. The molecule has 0 aliphatic carbocycles. The molecule has 0 unspecified atom stereocenters. The van der Waals surface area contributed by atoms with Gasteiger partial charge in [-0.25, -0.2) is 32.3 Å². The Hall–Kier alpha value is -3.89. The Labute approximate surface area is 281 Å². The lowest BCUT2D eigenvalue weighted by Gasteiger charge is -2.27. The monoisotopic (exact) mass is 688 g/mol. The molecule has 4 aromatic rings. The molecule has 2 aliphatic heterocycles. The predicted molar refractivity (Wildman–Crippen MR) is 178 cm³/mol. The molecule has 0 atom stereocenters. The first-order chi connectivity index (χ1) is 22.1. The summed E-state index contributed by atoms with van der Waals surface area (Å²) < 4.78 is 62.5. The maximum atomic E-state index is 14.6. The molecule has 2 aromatic carbocycles. The smallest absolute Gasteiger partial charge is 0.416 e. The predicted octanol–water partition coefficient (Wildman–Crippen LogP) is 10.7. The van der Waals surface area contributed by atoms with Gasteiger partial charge in [-0.05, 0) is 82.1 Å². The van der Waals surface area contributed by atoms with E-state index in [1.165, 1.54) is 23.1 Å². The largest absolute Gasteiger partial charge is 0.443 e. The molecule has 0 spiro atoms. The van der Waals surface area contributed by atoms with Crippen LogP contribution in [0.3, 0.4) is 0 Å². The molecule has 248 valence electrons. The number of anilines is 2. The zero-order valence-electron chi connectivity index (χ0n) is 26.1. The van der Waals surface area contributed by atoms with Crippen molar-refractivity contribution in [3.05, 3.63) is 94.0 Å². The van der Waals surface area contributed by atoms with E-state index in [1.807, 2.05) is 12.1 Å². The molecule has 47 heavy (non-hydrogen) atoms. The summed E-state index contributed by atoms with van der Waals surface area (Å²) in [5.41, 5.74) is 1.56. The van der Waals surface area contributed by atoms with Gasteiger partial charge >= 0.3 is 6.09 Å². The average Bonchev–Trinajstić information content (AvgIpc) is 3.24. The Kier molecular flexibility index (Phi) is 10.0. The number of amides is 1. The minimum absolute atomic E-state index is 0.0271. The maximum absolute atomic E-state index is 14.6. The fourth-order valence-electron chi connectivity index (χ4n) is 5.29. The highest BCUT2D eigenvalue weighted by molar-refractivity contribution is 6.31. The van der Waals surface area contributed by atoms with Crippen molar-refractivity contribution < 1.29 is 27.1 Å². The first kappa shape index (κ1) is 34.4. The van der Waals surface area contributed by atoms with Crippen molar-refractivity contribution in [2.75, 3.05) is 23.3 Å². The second kappa shape index (κ2) is 13.7. The van der Waals surface area contributed by atoms with Crippen LogP contribution in [0.15, 0.2) is 72.8 Å². The van der Waals surface area contributed by atoms with Gasteiger partial charge in [0.15, 0.2) is 0 Å². The van der Waals surface area contributed by atoms with E-state index in [0.717, 1.165) is 5.56 Å². The van der Waals surface area contributed by atoms with Crippen molar-refractivity contribution in [1.82, 2.24) is 9.97 Å². The van der Waals surface area contributed by atoms with E-state index < -0.39 is 23.5 Å². The van der Waals surface area contributed by atoms with Crippen LogP contribution in [0.5, 0.6) is 0 Å². The van der Waals surface area contributed by atoms with Gasteiger partial charge in [-0.1, -0.05) is 47.5 Å². The fourth-order valence-corrected chi connectivity index (χ4v) is 5.67. The van der Waals surface area contributed by atoms with Crippen LogP contribution in [0.1, 0.15) is 57.6 Å². The standard InChI is InChI=1S/C20H21ClF2N2O2.C15H13ClF2N2/c1-19(2,3)27-18(26)25-11-5-10-20(22,23)15-8-9-16(24-17(15)25)13-6-4-7-14(21)12-13;16-11-4-1-3-10(9-11)13-6-5-12-14(20-13)19-8-2-7-15(12,17)18/h4,6-9,12H,5,10-11H2,1-3H3;1,3-6,9H,2,7-8H2,(H,19,20). The third-order valence-corrected chi connectivity index (χ3v) is 7.97. The summed E-state index contributed by atoms with van der Waals surface area (Å²) in [6.07, 6.45) is -0.606. The maximum Gasteiger partial charge on any atom is 0.416 e. The number of hydrogen-bond acceptors (Lipinski definition) is 5. The van der Waals surface area contributed by atoms with Crippen LogP contribution < -0.4 is 10.2 Å². The number of benzene rings is 2. The van der Waals surface area contributed by atoms with E-state index in [4.69, 9.17) is 27.9 Å². The number of halogens is 6. The number of nitrogens with zero attached hydrogens (tertiary/aromatic N) is 3. The molecule has 0 bridgehead atoms. The molecule has 0 saturated carbocycles. The summed E-state index contributed by atoms with van der Waals surface area (Å²) in [4.78, 5) is 22.6. The van der Waals surface area contributed by atoms with Crippen LogP contribution in [0, 0.1) is 0 Å². The number of carbonyl (C=O) groups is 1. The number of ether oxygens (including phenoxy) is 1. The number of alkyl halides is 4. The van der Waals surface area contributed by atoms with Crippen molar-refractivity contribution in [3.63, 3.8) is 0 Å². The highest BCUT2D eigenvalue weighted by atomic mass is 35.5. The van der Waals surface area contributed by atoms with E-state index in [0.29, 0.717) is 40.0 Å². The van der Waals surface area contributed by atoms with Crippen molar-refractivity contribution in [2.45, 2.75) is 63.9 Å². The zero-order chi connectivity index (χ0) is 34.0. The molecule has 1 N–H and O–H groups in total. The molecule has 1 amide bonds. The van der Waals surface area contributed by atoms with Crippen LogP contribution in [0.4, 0.5) is 34.0 Å². The number of rotatable bonds is 2.